The highest BCUT2D eigenvalue weighted by molar-refractivity contribution is 5.22. The minimum Gasteiger partial charge on any atom is -0.330 e. The Bertz CT molecular complexity index is 371. The third-order valence-electron chi connectivity index (χ3n) is 4.07. The fraction of sp³-hybridized carbons (Fsp3) is 0.647. The fourth-order valence-electron chi connectivity index (χ4n) is 2.75. The van der Waals surface area contributed by atoms with Crippen LogP contribution in [0.1, 0.15) is 30.4 Å². The molecular weight excluding hydrogens is 260 g/mol. The molecule has 4 heteroatoms. The van der Waals surface area contributed by atoms with Gasteiger partial charge in [-0.05, 0) is 69.0 Å². The van der Waals surface area contributed by atoms with Crippen molar-refractivity contribution >= 4 is 0 Å². The van der Waals surface area contributed by atoms with Crippen LogP contribution in [0.3, 0.4) is 0 Å². The van der Waals surface area contributed by atoms with Crippen molar-refractivity contribution < 1.29 is 0 Å². The molecule has 1 aromatic rings. The Morgan fingerprint density at radius 1 is 1.10 bits per heavy atom. The molecule has 2 rings (SSSR count). The van der Waals surface area contributed by atoms with Crippen molar-refractivity contribution in [3.05, 3.63) is 35.4 Å². The lowest BCUT2D eigenvalue weighted by atomic mass is 10.00. The van der Waals surface area contributed by atoms with E-state index in [1.807, 2.05) is 0 Å². The molecule has 21 heavy (non-hydrogen) atoms. The molecule has 0 aliphatic carbocycles. The summed E-state index contributed by atoms with van der Waals surface area (Å²) in [7, 11) is 0. The Kier molecular flexibility index (Phi) is 7.75. The average molecular weight is 290 g/mol. The van der Waals surface area contributed by atoms with Gasteiger partial charge < -0.3 is 21.7 Å². The van der Waals surface area contributed by atoms with Crippen LogP contribution in [-0.4, -0.2) is 32.7 Å². The van der Waals surface area contributed by atoms with Crippen LogP contribution in [0.4, 0.5) is 0 Å². The number of rotatable bonds is 9. The summed E-state index contributed by atoms with van der Waals surface area (Å²) in [6.07, 6.45) is 3.71. The van der Waals surface area contributed by atoms with Crippen LogP contribution < -0.4 is 21.7 Å². The van der Waals surface area contributed by atoms with E-state index in [2.05, 4.69) is 40.2 Å². The van der Waals surface area contributed by atoms with Crippen LogP contribution in [0.5, 0.6) is 0 Å². The summed E-state index contributed by atoms with van der Waals surface area (Å²) in [5.41, 5.74) is 8.18. The number of hydrogen-bond acceptors (Lipinski definition) is 4. The van der Waals surface area contributed by atoms with Gasteiger partial charge in [0, 0.05) is 13.1 Å². The summed E-state index contributed by atoms with van der Waals surface area (Å²) in [5, 5.41) is 10.5. The summed E-state index contributed by atoms with van der Waals surface area (Å²) >= 11 is 0. The Morgan fingerprint density at radius 2 is 1.81 bits per heavy atom. The molecule has 5 N–H and O–H groups in total. The van der Waals surface area contributed by atoms with Crippen LogP contribution >= 0.6 is 0 Å². The second kappa shape index (κ2) is 9.90. The van der Waals surface area contributed by atoms with Gasteiger partial charge in [0.2, 0.25) is 0 Å². The molecule has 4 nitrogen and oxygen atoms in total. The summed E-state index contributed by atoms with van der Waals surface area (Å²) in [4.78, 5) is 0. The normalized spacial score (nSPS) is 18.8. The van der Waals surface area contributed by atoms with Crippen LogP contribution in [0.2, 0.25) is 0 Å². The standard InChI is InChI=1S/C17H30N4/c18-8-2-10-20-11-15-4-6-16(7-5-15)12-21-14-17-3-1-9-19-13-17/h4-7,17,19-21H,1-3,8-14,18H2. The fourth-order valence-corrected chi connectivity index (χ4v) is 2.75. The van der Waals surface area contributed by atoms with E-state index in [-0.39, 0.29) is 0 Å². The molecular formula is C17H30N4. The highest BCUT2D eigenvalue weighted by Crippen LogP contribution is 2.09. The molecule has 1 fully saturated rings. The predicted molar refractivity (Wildman–Crippen MR) is 89.1 cm³/mol. The van der Waals surface area contributed by atoms with Gasteiger partial charge in [0.25, 0.3) is 0 Å². The van der Waals surface area contributed by atoms with E-state index in [0.717, 1.165) is 45.1 Å². The van der Waals surface area contributed by atoms with Gasteiger partial charge in [-0.15, -0.1) is 0 Å². The first-order valence-corrected chi connectivity index (χ1v) is 8.28. The number of nitrogens with two attached hydrogens (primary N) is 1. The average Bonchev–Trinajstić information content (AvgIpc) is 2.54. The zero-order valence-corrected chi connectivity index (χ0v) is 13.0. The number of nitrogens with one attached hydrogen (secondary N) is 3. The Hall–Kier alpha value is -0.940. The lowest BCUT2D eigenvalue weighted by Gasteiger charge is -2.23. The number of hydrogen-bond donors (Lipinski definition) is 4. The van der Waals surface area contributed by atoms with Crippen molar-refractivity contribution in [1.29, 1.82) is 0 Å². The highest BCUT2D eigenvalue weighted by Gasteiger charge is 2.11. The van der Waals surface area contributed by atoms with E-state index >= 15 is 0 Å². The van der Waals surface area contributed by atoms with Gasteiger partial charge in [0.1, 0.15) is 0 Å². The quantitative estimate of drug-likeness (QED) is 0.516. The topological polar surface area (TPSA) is 62.1 Å². The van der Waals surface area contributed by atoms with Crippen molar-refractivity contribution in [2.45, 2.75) is 32.4 Å². The van der Waals surface area contributed by atoms with Gasteiger partial charge in [0.15, 0.2) is 0 Å². The minimum absolute atomic E-state index is 0.758. The van der Waals surface area contributed by atoms with Crippen LogP contribution in [0.25, 0.3) is 0 Å². The number of piperidine rings is 1. The van der Waals surface area contributed by atoms with Gasteiger partial charge in [-0.3, -0.25) is 0 Å². The molecule has 1 atom stereocenters. The molecule has 0 radical (unpaired) electrons. The maximum atomic E-state index is 5.48. The highest BCUT2D eigenvalue weighted by atomic mass is 14.9. The van der Waals surface area contributed by atoms with E-state index < -0.39 is 0 Å². The molecule has 0 spiro atoms. The van der Waals surface area contributed by atoms with Crippen molar-refractivity contribution in [1.82, 2.24) is 16.0 Å². The monoisotopic (exact) mass is 290 g/mol. The van der Waals surface area contributed by atoms with Gasteiger partial charge in [-0.1, -0.05) is 24.3 Å². The Labute approximate surface area is 128 Å². The van der Waals surface area contributed by atoms with Gasteiger partial charge in [0.05, 0.1) is 0 Å². The van der Waals surface area contributed by atoms with E-state index in [1.54, 1.807) is 0 Å². The van der Waals surface area contributed by atoms with Crippen molar-refractivity contribution in [3.63, 3.8) is 0 Å². The first kappa shape index (κ1) is 16.4. The van der Waals surface area contributed by atoms with Crippen LogP contribution in [0, 0.1) is 5.92 Å². The van der Waals surface area contributed by atoms with Gasteiger partial charge in [-0.25, -0.2) is 0 Å². The van der Waals surface area contributed by atoms with Crippen molar-refractivity contribution in [3.8, 4) is 0 Å². The largest absolute Gasteiger partial charge is 0.330 e. The van der Waals surface area contributed by atoms with Crippen molar-refractivity contribution in [2.75, 3.05) is 32.7 Å². The molecule has 1 aromatic carbocycles. The van der Waals surface area contributed by atoms with Gasteiger partial charge >= 0.3 is 0 Å². The smallest absolute Gasteiger partial charge is 0.0205 e. The van der Waals surface area contributed by atoms with Gasteiger partial charge in [-0.2, -0.15) is 0 Å². The predicted octanol–water partition coefficient (Wildman–Crippen LogP) is 1.21. The maximum Gasteiger partial charge on any atom is 0.0205 e. The summed E-state index contributed by atoms with van der Waals surface area (Å²) in [5.74, 6) is 0.796. The van der Waals surface area contributed by atoms with E-state index in [4.69, 9.17) is 5.73 Å². The first-order chi connectivity index (χ1) is 10.4. The van der Waals surface area contributed by atoms with E-state index in [0.29, 0.717) is 0 Å². The second-order valence-electron chi connectivity index (χ2n) is 5.98. The van der Waals surface area contributed by atoms with Crippen LogP contribution in [-0.2, 0) is 13.1 Å². The Morgan fingerprint density at radius 3 is 2.43 bits per heavy atom. The molecule has 1 aliphatic rings. The summed E-state index contributed by atoms with van der Waals surface area (Å²) < 4.78 is 0. The summed E-state index contributed by atoms with van der Waals surface area (Å²) in [6, 6.07) is 8.89. The minimum atomic E-state index is 0.758. The lowest BCUT2D eigenvalue weighted by Crippen LogP contribution is -2.35. The molecule has 0 aromatic heterocycles. The SMILES string of the molecule is NCCCNCc1ccc(CNCC2CCCNC2)cc1. The molecule has 1 heterocycles. The molecule has 0 amide bonds. The lowest BCUT2D eigenvalue weighted by molar-refractivity contribution is 0.360. The maximum absolute atomic E-state index is 5.48. The molecule has 1 aliphatic heterocycles. The number of benzene rings is 1. The van der Waals surface area contributed by atoms with Crippen LogP contribution in [0.15, 0.2) is 24.3 Å². The van der Waals surface area contributed by atoms with E-state index in [9.17, 15) is 0 Å². The van der Waals surface area contributed by atoms with E-state index in [1.165, 1.54) is 37.1 Å². The molecule has 1 unspecified atom stereocenters. The zero-order chi connectivity index (χ0) is 14.8. The summed E-state index contributed by atoms with van der Waals surface area (Å²) in [6.45, 7) is 7.13. The molecule has 1 saturated heterocycles. The third kappa shape index (κ3) is 6.57. The molecule has 118 valence electrons. The zero-order valence-electron chi connectivity index (χ0n) is 13.0. The molecule has 0 bridgehead atoms. The molecule has 0 saturated carbocycles. The third-order valence-corrected chi connectivity index (χ3v) is 4.07. The second-order valence-corrected chi connectivity index (χ2v) is 5.98. The van der Waals surface area contributed by atoms with Crippen molar-refractivity contribution in [2.24, 2.45) is 11.7 Å². The first-order valence-electron chi connectivity index (χ1n) is 8.28. The Balaban J connectivity index is 1.62.